The quantitative estimate of drug-likeness (QED) is 0.185. The summed E-state index contributed by atoms with van der Waals surface area (Å²) < 4.78 is 5.98. The molecule has 0 spiro atoms. The number of oxime groups is 1. The highest BCUT2D eigenvalue weighted by atomic mass is 32.2. The number of β-lactam (4-membered cyclic amide) rings is 1. The molecule has 194 valence electrons. The first-order valence-electron chi connectivity index (χ1n) is 11.5. The minimum absolute atomic E-state index is 0.00744. The molecule has 0 radical (unpaired) electrons. The van der Waals surface area contributed by atoms with Gasteiger partial charge in [-0.2, -0.15) is 0 Å². The van der Waals surface area contributed by atoms with Gasteiger partial charge in [0.1, 0.15) is 23.7 Å². The number of rotatable bonds is 9. The molecule has 3 N–H and O–H groups in total. The summed E-state index contributed by atoms with van der Waals surface area (Å²) in [6, 6.07) is 1.98. The maximum absolute atomic E-state index is 13.1. The zero-order chi connectivity index (χ0) is 26.3. The third-order valence-corrected chi connectivity index (χ3v) is 7.94. The summed E-state index contributed by atoms with van der Waals surface area (Å²) in [6.07, 6.45) is 3.49. The fraction of sp³-hybridized carbons (Fsp3) is 0.522. The van der Waals surface area contributed by atoms with Crippen molar-refractivity contribution in [1.29, 1.82) is 0 Å². The number of carbonyl (C=O) groups excluding carboxylic acids is 2. The highest BCUT2D eigenvalue weighted by Gasteiger charge is 2.55. The number of nitrogens with one attached hydrogen (secondary N) is 1. The molecule has 3 aliphatic heterocycles. The third-order valence-electron chi connectivity index (χ3n) is 6.60. The summed E-state index contributed by atoms with van der Waals surface area (Å²) in [6.45, 7) is 5.03. The Morgan fingerprint density at radius 3 is 2.58 bits per heavy atom. The maximum Gasteiger partial charge on any atom is 0.352 e. The first-order valence-corrected chi connectivity index (χ1v) is 12.6. The number of carboxylic acids is 2. The number of hydrogen-bond donors (Lipinski definition) is 3. The number of carbonyl (C=O) groups is 4. The minimum Gasteiger partial charge on any atom is -0.478 e. The summed E-state index contributed by atoms with van der Waals surface area (Å²) in [5, 5.41) is 24.9. The van der Waals surface area contributed by atoms with Crippen LogP contribution < -0.4 is 5.32 Å². The number of thioether (sulfide) groups is 1. The van der Waals surface area contributed by atoms with Gasteiger partial charge in [-0.3, -0.25) is 14.5 Å². The van der Waals surface area contributed by atoms with Gasteiger partial charge in [-0.05, 0) is 26.0 Å². The van der Waals surface area contributed by atoms with Crippen LogP contribution in [0.1, 0.15) is 32.4 Å². The average Bonchev–Trinajstić information content (AvgIpc) is 3.49. The third kappa shape index (κ3) is 4.85. The molecule has 3 aliphatic rings. The fourth-order valence-electron chi connectivity index (χ4n) is 4.54. The highest BCUT2D eigenvalue weighted by molar-refractivity contribution is 8.00. The molecule has 0 unspecified atom stereocenters. The van der Waals surface area contributed by atoms with Gasteiger partial charge in [0.25, 0.3) is 11.8 Å². The molecule has 2 fully saturated rings. The zero-order valence-corrected chi connectivity index (χ0v) is 21.0. The number of aliphatic carboxylic acids is 2. The Morgan fingerprint density at radius 1 is 1.31 bits per heavy atom. The van der Waals surface area contributed by atoms with E-state index in [2.05, 4.69) is 17.5 Å². The molecule has 0 aliphatic carbocycles. The average molecular weight is 522 g/mol. The van der Waals surface area contributed by atoms with E-state index >= 15 is 0 Å². The lowest BCUT2D eigenvalue weighted by Gasteiger charge is -2.49. The van der Waals surface area contributed by atoms with Crippen LogP contribution in [0, 0.1) is 0 Å². The van der Waals surface area contributed by atoms with Crippen LogP contribution in [0.15, 0.2) is 39.2 Å². The van der Waals surface area contributed by atoms with Gasteiger partial charge in [0, 0.05) is 24.2 Å². The Kier molecular flexibility index (Phi) is 6.88. The first-order chi connectivity index (χ1) is 16.9. The number of likely N-dealkylation sites (N-methyl/N-ethyl adjacent to an activating group) is 1. The van der Waals surface area contributed by atoms with Crippen LogP contribution in [0.4, 0.5) is 0 Å². The Labute approximate surface area is 211 Å². The van der Waals surface area contributed by atoms with E-state index in [1.807, 2.05) is 0 Å². The Balaban J connectivity index is 1.53. The molecule has 12 nitrogen and oxygen atoms in total. The Morgan fingerprint density at radius 2 is 2.00 bits per heavy atom. The predicted molar refractivity (Wildman–Crippen MR) is 128 cm³/mol. The van der Waals surface area contributed by atoms with Crippen molar-refractivity contribution in [2.75, 3.05) is 32.4 Å². The van der Waals surface area contributed by atoms with Gasteiger partial charge >= 0.3 is 11.9 Å². The van der Waals surface area contributed by atoms with Gasteiger partial charge < -0.3 is 29.3 Å². The second-order valence-corrected chi connectivity index (χ2v) is 11.0. The smallest absolute Gasteiger partial charge is 0.352 e. The summed E-state index contributed by atoms with van der Waals surface area (Å²) in [5.74, 6) is -3.35. The summed E-state index contributed by atoms with van der Waals surface area (Å²) in [5.41, 5.74) is -1.35. The van der Waals surface area contributed by atoms with Crippen LogP contribution in [0.25, 0.3) is 0 Å². The van der Waals surface area contributed by atoms with E-state index in [0.29, 0.717) is 17.9 Å². The van der Waals surface area contributed by atoms with Crippen molar-refractivity contribution in [3.05, 3.63) is 35.4 Å². The predicted octanol–water partition coefficient (Wildman–Crippen LogP) is 0.843. The van der Waals surface area contributed by atoms with E-state index in [4.69, 9.17) is 9.25 Å². The van der Waals surface area contributed by atoms with Crippen LogP contribution >= 0.6 is 11.8 Å². The molecule has 0 bridgehead atoms. The second-order valence-electron chi connectivity index (χ2n) is 9.87. The van der Waals surface area contributed by atoms with Crippen LogP contribution in [-0.2, 0) is 24.0 Å². The largest absolute Gasteiger partial charge is 0.478 e. The number of fused-ring (bicyclic) bond motifs is 1. The number of nitrogens with zero attached hydrogens (tertiary/aromatic N) is 3. The molecule has 4 rings (SSSR count). The van der Waals surface area contributed by atoms with E-state index in [1.165, 1.54) is 48.9 Å². The molecule has 1 aromatic rings. The van der Waals surface area contributed by atoms with Crippen molar-refractivity contribution in [3.8, 4) is 0 Å². The second kappa shape index (κ2) is 9.62. The molecule has 0 saturated carbocycles. The molecule has 2 saturated heterocycles. The van der Waals surface area contributed by atoms with Gasteiger partial charge in [0.15, 0.2) is 5.76 Å². The SMILES string of the molecule is CC(C)(ON=C(C(=O)N[C@@H]1C(=O)N2C(C(=O)O)=C(C[N+]3(C)CCCC3)CS[C@H]12)c1ccco1)C(=O)O. The molecule has 2 atom stereocenters. The topological polar surface area (TPSA) is 159 Å². The summed E-state index contributed by atoms with van der Waals surface area (Å²) >= 11 is 1.40. The number of hydrogen-bond acceptors (Lipinski definition) is 8. The number of furan rings is 1. The van der Waals surface area contributed by atoms with E-state index in [0.717, 1.165) is 30.4 Å². The normalized spacial score (nSPS) is 23.7. The molecular weight excluding hydrogens is 492 g/mol. The fourth-order valence-corrected chi connectivity index (χ4v) is 5.88. The number of quaternary nitrogens is 1. The lowest BCUT2D eigenvalue weighted by molar-refractivity contribution is -0.893. The van der Waals surface area contributed by atoms with Crippen molar-refractivity contribution < 1.29 is 43.1 Å². The Bertz CT molecular complexity index is 1140. The van der Waals surface area contributed by atoms with E-state index < -0.39 is 40.8 Å². The maximum atomic E-state index is 13.1. The van der Waals surface area contributed by atoms with Crippen LogP contribution in [-0.4, -0.2) is 98.5 Å². The van der Waals surface area contributed by atoms with Crippen LogP contribution in [0.3, 0.4) is 0 Å². The number of carboxylic acid groups (broad SMARTS) is 2. The number of amides is 2. The standard InChI is InChI=1S/C23H28N4O8S/c1-23(2,22(32)33)35-25-15(14-7-6-10-34-14)18(28)24-16-19(29)26-17(21(30)31)13(12-36-20(16)26)11-27(3)8-4-5-9-27/h6-7,10,16,20H,4-5,8-9,11-12H2,1-3H3,(H2-,24,28,30,31,32,33)/p+1/t16-,20-/m1/s1. The molecule has 36 heavy (non-hydrogen) atoms. The van der Waals surface area contributed by atoms with Crippen molar-refractivity contribution in [2.45, 2.75) is 43.7 Å². The van der Waals surface area contributed by atoms with Crippen molar-refractivity contribution in [2.24, 2.45) is 5.16 Å². The van der Waals surface area contributed by atoms with Gasteiger partial charge in [-0.15, -0.1) is 11.8 Å². The molecule has 4 heterocycles. The van der Waals surface area contributed by atoms with Gasteiger partial charge in [-0.1, -0.05) is 5.16 Å². The lowest BCUT2D eigenvalue weighted by Crippen LogP contribution is -2.71. The van der Waals surface area contributed by atoms with Crippen LogP contribution in [0.2, 0.25) is 0 Å². The van der Waals surface area contributed by atoms with Gasteiger partial charge in [0.2, 0.25) is 11.3 Å². The van der Waals surface area contributed by atoms with E-state index in [9.17, 15) is 29.4 Å². The first kappa shape index (κ1) is 25.8. The van der Waals surface area contributed by atoms with Gasteiger partial charge in [-0.25, -0.2) is 9.59 Å². The summed E-state index contributed by atoms with van der Waals surface area (Å²) in [4.78, 5) is 55.9. The monoisotopic (exact) mass is 521 g/mol. The number of likely N-dealkylation sites (tertiary alicyclic amines) is 1. The molecule has 13 heteroatoms. The van der Waals surface area contributed by atoms with E-state index in [-0.39, 0.29) is 17.2 Å². The molecule has 0 aromatic carbocycles. The minimum atomic E-state index is -1.72. The Hall–Kier alpha value is -3.32. The van der Waals surface area contributed by atoms with Crippen molar-refractivity contribution in [1.82, 2.24) is 10.2 Å². The molecule has 2 amide bonds. The van der Waals surface area contributed by atoms with Gasteiger partial charge in [0.05, 0.1) is 26.4 Å². The zero-order valence-electron chi connectivity index (χ0n) is 20.2. The van der Waals surface area contributed by atoms with Crippen LogP contribution in [0.5, 0.6) is 0 Å². The van der Waals surface area contributed by atoms with Crippen molar-refractivity contribution >= 4 is 41.2 Å². The summed E-state index contributed by atoms with van der Waals surface area (Å²) in [7, 11) is 2.10. The molecular formula is C23H29N4O8S+. The highest BCUT2D eigenvalue weighted by Crippen LogP contribution is 2.41. The lowest BCUT2D eigenvalue weighted by atomic mass is 10.0. The molecule has 1 aromatic heterocycles. The van der Waals surface area contributed by atoms with E-state index in [1.54, 1.807) is 0 Å². The van der Waals surface area contributed by atoms with Crippen molar-refractivity contribution in [3.63, 3.8) is 0 Å².